The van der Waals surface area contributed by atoms with E-state index in [9.17, 15) is 19.2 Å². The zero-order valence-corrected chi connectivity index (χ0v) is 16.6. The van der Waals surface area contributed by atoms with Crippen LogP contribution in [0.1, 0.15) is 30.1 Å². The molecule has 30 heavy (non-hydrogen) atoms. The lowest BCUT2D eigenvalue weighted by Gasteiger charge is -2.31. The van der Waals surface area contributed by atoms with Crippen molar-refractivity contribution >= 4 is 35.0 Å². The van der Waals surface area contributed by atoms with Crippen molar-refractivity contribution in [1.82, 2.24) is 10.2 Å². The van der Waals surface area contributed by atoms with Gasteiger partial charge < -0.3 is 25.3 Å². The van der Waals surface area contributed by atoms with Crippen LogP contribution >= 0.6 is 0 Å². The molecule has 0 saturated carbocycles. The molecule has 0 radical (unpaired) electrons. The van der Waals surface area contributed by atoms with E-state index in [0.717, 1.165) is 12.8 Å². The fourth-order valence-corrected chi connectivity index (χ4v) is 3.29. The van der Waals surface area contributed by atoms with Crippen LogP contribution in [-0.2, 0) is 14.4 Å². The number of hydrogen-bond acceptors (Lipinski definition) is 5. The van der Waals surface area contributed by atoms with Gasteiger partial charge in [-0.3, -0.25) is 19.2 Å². The smallest absolute Gasteiger partial charge is 0.313 e. The first kappa shape index (κ1) is 21.1. The first-order valence-electron chi connectivity index (χ1n) is 9.70. The highest BCUT2D eigenvalue weighted by molar-refractivity contribution is 6.39. The summed E-state index contributed by atoms with van der Waals surface area (Å²) in [5.41, 5.74) is 1.46. The number of carbonyl (C=O) groups is 4. The van der Waals surface area contributed by atoms with Crippen molar-refractivity contribution < 1.29 is 23.6 Å². The number of nitrogens with zero attached hydrogens (tertiary/aromatic N) is 1. The van der Waals surface area contributed by atoms with Gasteiger partial charge in [0.1, 0.15) is 6.26 Å². The van der Waals surface area contributed by atoms with Crippen molar-refractivity contribution in [3.8, 4) is 0 Å². The molecule has 2 heterocycles. The Labute approximate surface area is 173 Å². The summed E-state index contributed by atoms with van der Waals surface area (Å²) in [6, 6.07) is 8.18. The lowest BCUT2D eigenvalue weighted by molar-refractivity contribution is -0.136. The highest BCUT2D eigenvalue weighted by Crippen LogP contribution is 2.19. The summed E-state index contributed by atoms with van der Waals surface area (Å²) < 4.78 is 4.95. The number of benzene rings is 1. The minimum Gasteiger partial charge on any atom is -0.472 e. The summed E-state index contributed by atoms with van der Waals surface area (Å²) >= 11 is 0. The summed E-state index contributed by atoms with van der Waals surface area (Å²) in [6.45, 7) is 2.93. The highest BCUT2D eigenvalue weighted by atomic mass is 16.3. The Bertz CT molecular complexity index is 917. The van der Waals surface area contributed by atoms with Gasteiger partial charge in [-0.2, -0.15) is 0 Å². The number of rotatable bonds is 5. The Morgan fingerprint density at radius 3 is 2.37 bits per heavy atom. The van der Waals surface area contributed by atoms with Crippen LogP contribution in [0.5, 0.6) is 0 Å². The number of furan rings is 1. The molecule has 0 atom stereocenters. The van der Waals surface area contributed by atoms with Crippen molar-refractivity contribution in [2.45, 2.75) is 19.8 Å². The number of piperidine rings is 1. The van der Waals surface area contributed by atoms with E-state index < -0.39 is 11.8 Å². The van der Waals surface area contributed by atoms with E-state index in [-0.39, 0.29) is 17.7 Å². The summed E-state index contributed by atoms with van der Waals surface area (Å²) in [5, 5.41) is 7.78. The van der Waals surface area contributed by atoms with Crippen LogP contribution in [0.3, 0.4) is 0 Å². The standard InChI is InChI=1S/C21H24N4O5/c1-14(26)23-17-3-2-4-18(11-17)24-20(28)19(27)22-12-15-5-8-25(9-6-15)21(29)16-7-10-30-13-16/h2-4,7,10-11,13,15H,5-6,8-9,12H2,1H3,(H,22,27)(H,23,26)(H,24,28). The van der Waals surface area contributed by atoms with Crippen LogP contribution in [0.15, 0.2) is 47.3 Å². The van der Waals surface area contributed by atoms with Crippen LogP contribution < -0.4 is 16.0 Å². The van der Waals surface area contributed by atoms with Crippen LogP contribution in [0.25, 0.3) is 0 Å². The molecule has 0 spiro atoms. The van der Waals surface area contributed by atoms with Crippen LogP contribution in [-0.4, -0.2) is 48.2 Å². The van der Waals surface area contributed by atoms with Gasteiger partial charge in [-0.05, 0) is 43.0 Å². The molecular weight excluding hydrogens is 388 g/mol. The summed E-state index contributed by atoms with van der Waals surface area (Å²) in [7, 11) is 0. The molecule has 1 aliphatic heterocycles. The van der Waals surface area contributed by atoms with Gasteiger partial charge in [-0.25, -0.2) is 0 Å². The number of likely N-dealkylation sites (tertiary alicyclic amines) is 1. The number of amides is 4. The van der Waals surface area contributed by atoms with Crippen molar-refractivity contribution in [2.24, 2.45) is 5.92 Å². The average Bonchev–Trinajstić information content (AvgIpc) is 3.26. The highest BCUT2D eigenvalue weighted by Gasteiger charge is 2.25. The maximum atomic E-state index is 12.3. The third-order valence-corrected chi connectivity index (χ3v) is 4.87. The second-order valence-electron chi connectivity index (χ2n) is 7.17. The molecule has 4 amide bonds. The lowest BCUT2D eigenvalue weighted by atomic mass is 9.96. The van der Waals surface area contributed by atoms with Crippen molar-refractivity contribution in [1.29, 1.82) is 0 Å². The van der Waals surface area contributed by atoms with Gasteiger partial charge in [0.05, 0.1) is 11.8 Å². The Morgan fingerprint density at radius 2 is 1.73 bits per heavy atom. The third kappa shape index (κ3) is 5.69. The Morgan fingerprint density at radius 1 is 1.03 bits per heavy atom. The van der Waals surface area contributed by atoms with E-state index in [1.165, 1.54) is 19.5 Å². The summed E-state index contributed by atoms with van der Waals surface area (Å²) in [5.74, 6) is -1.60. The Kier molecular flexibility index (Phi) is 6.84. The van der Waals surface area contributed by atoms with Crippen molar-refractivity contribution in [3.05, 3.63) is 48.4 Å². The number of nitrogens with one attached hydrogen (secondary N) is 3. The van der Waals surface area contributed by atoms with E-state index in [1.807, 2.05) is 0 Å². The van der Waals surface area contributed by atoms with Gasteiger partial charge in [0.25, 0.3) is 5.91 Å². The zero-order chi connectivity index (χ0) is 21.5. The molecule has 3 N–H and O–H groups in total. The van der Waals surface area contributed by atoms with E-state index in [2.05, 4.69) is 16.0 Å². The SMILES string of the molecule is CC(=O)Nc1cccc(NC(=O)C(=O)NCC2CCN(C(=O)c3ccoc3)CC2)c1. The molecule has 3 rings (SSSR count). The number of hydrogen-bond donors (Lipinski definition) is 3. The van der Waals surface area contributed by atoms with Gasteiger partial charge >= 0.3 is 11.8 Å². The maximum absolute atomic E-state index is 12.3. The van der Waals surface area contributed by atoms with Gasteiger partial charge in [-0.1, -0.05) is 6.07 Å². The molecule has 0 bridgehead atoms. The first-order chi connectivity index (χ1) is 14.4. The molecule has 0 unspecified atom stereocenters. The molecule has 1 saturated heterocycles. The van der Waals surface area contributed by atoms with E-state index in [0.29, 0.717) is 36.6 Å². The van der Waals surface area contributed by atoms with Crippen LogP contribution in [0, 0.1) is 5.92 Å². The largest absolute Gasteiger partial charge is 0.472 e. The predicted molar refractivity (Wildman–Crippen MR) is 110 cm³/mol. The Balaban J connectivity index is 1.42. The Hall–Kier alpha value is -3.62. The minimum atomic E-state index is -0.775. The van der Waals surface area contributed by atoms with Gasteiger partial charge in [0, 0.05) is 37.9 Å². The summed E-state index contributed by atoms with van der Waals surface area (Å²) in [4.78, 5) is 49.4. The van der Waals surface area contributed by atoms with Crippen molar-refractivity contribution in [3.63, 3.8) is 0 Å². The van der Waals surface area contributed by atoms with E-state index in [4.69, 9.17) is 4.42 Å². The molecule has 158 valence electrons. The number of anilines is 2. The second-order valence-corrected chi connectivity index (χ2v) is 7.17. The summed E-state index contributed by atoms with van der Waals surface area (Å²) in [6.07, 6.45) is 4.38. The molecule has 1 aromatic heterocycles. The molecule has 1 aliphatic rings. The van der Waals surface area contributed by atoms with E-state index in [1.54, 1.807) is 35.2 Å². The monoisotopic (exact) mass is 412 g/mol. The lowest BCUT2D eigenvalue weighted by Crippen LogP contribution is -2.43. The van der Waals surface area contributed by atoms with Crippen LogP contribution in [0.4, 0.5) is 11.4 Å². The van der Waals surface area contributed by atoms with Crippen molar-refractivity contribution in [2.75, 3.05) is 30.3 Å². The normalized spacial score (nSPS) is 14.1. The molecule has 9 heteroatoms. The quantitative estimate of drug-likeness (QED) is 0.647. The molecule has 1 aromatic carbocycles. The molecule has 0 aliphatic carbocycles. The van der Waals surface area contributed by atoms with E-state index >= 15 is 0 Å². The van der Waals surface area contributed by atoms with Gasteiger partial charge in [0.2, 0.25) is 5.91 Å². The molecular formula is C21H24N4O5. The van der Waals surface area contributed by atoms with Gasteiger partial charge in [0.15, 0.2) is 0 Å². The third-order valence-electron chi connectivity index (χ3n) is 4.87. The second kappa shape index (κ2) is 9.73. The number of carbonyl (C=O) groups excluding carboxylic acids is 4. The molecule has 1 fully saturated rings. The predicted octanol–water partition coefficient (Wildman–Crippen LogP) is 1.85. The molecule has 2 aromatic rings. The molecule has 9 nitrogen and oxygen atoms in total. The minimum absolute atomic E-state index is 0.0629. The fraction of sp³-hybridized carbons (Fsp3) is 0.333. The topological polar surface area (TPSA) is 121 Å². The first-order valence-corrected chi connectivity index (χ1v) is 9.70. The average molecular weight is 412 g/mol. The fourth-order valence-electron chi connectivity index (χ4n) is 3.29. The zero-order valence-electron chi connectivity index (χ0n) is 16.6. The maximum Gasteiger partial charge on any atom is 0.313 e. The van der Waals surface area contributed by atoms with Crippen LogP contribution in [0.2, 0.25) is 0 Å². The van der Waals surface area contributed by atoms with Gasteiger partial charge in [-0.15, -0.1) is 0 Å².